The van der Waals surface area contributed by atoms with E-state index in [4.69, 9.17) is 0 Å². The predicted molar refractivity (Wildman–Crippen MR) is 49.7 cm³/mol. The summed E-state index contributed by atoms with van der Waals surface area (Å²) in [4.78, 5) is 0. The Hall–Kier alpha value is 3.43. The van der Waals surface area contributed by atoms with Crippen LogP contribution in [0.15, 0.2) is 0 Å². The molecule has 0 aliphatic heterocycles. The molecule has 0 atom stereocenters. The van der Waals surface area contributed by atoms with Gasteiger partial charge in [0.05, 0.1) is 0 Å². The zero-order valence-corrected chi connectivity index (χ0v) is 20.8. The van der Waals surface area contributed by atoms with Crippen molar-refractivity contribution in [3.63, 3.8) is 0 Å². The summed E-state index contributed by atoms with van der Waals surface area (Å²) in [6.45, 7) is 0. The van der Waals surface area contributed by atoms with E-state index in [1.807, 2.05) is 0 Å². The molecule has 2 saturated carbocycles. The molecule has 0 aromatic carbocycles. The standard InChI is InChI=1S/C10H16.CH3.U.V.W.Y/c1-2-6-10-8-4-3-7-9(10)5-1;;;;;/h5,7,9-10H,1-4,6,8H2;1H3;;;;/q-2;-1;;;;. The SMILES string of the molecule is [CH-]1CCCC2CCC[CH-]C12.[CH3-].[U].[V].[W].[Y]. The largest absolute Gasteiger partial charge is 0.358 e. The maximum absolute atomic E-state index is 2.54. The molecular weight excluding hydrogens is 694 g/mol. The maximum atomic E-state index is 2.54. The van der Waals surface area contributed by atoms with E-state index in [2.05, 4.69) is 12.8 Å². The van der Waals surface area contributed by atoms with Gasteiger partial charge in [0.15, 0.2) is 0 Å². The molecule has 0 bridgehead atoms. The first-order valence-corrected chi connectivity index (χ1v) is 4.63. The van der Waals surface area contributed by atoms with Gasteiger partial charge in [-0.15, -0.1) is 0 Å². The van der Waals surface area contributed by atoms with Crippen molar-refractivity contribution >= 4 is 0 Å². The molecule has 4 heteroatoms. The van der Waals surface area contributed by atoms with E-state index in [9.17, 15) is 0 Å². The summed E-state index contributed by atoms with van der Waals surface area (Å²) >= 11 is 0. The third kappa shape index (κ3) is 9.03. The van der Waals surface area contributed by atoms with Crippen molar-refractivity contribution in [2.24, 2.45) is 11.8 Å². The summed E-state index contributed by atoms with van der Waals surface area (Å²) in [6, 6.07) is 0. The molecule has 84 valence electrons. The number of hydrogen-bond donors (Lipinski definition) is 0. The number of hydrogen-bond acceptors (Lipinski definition) is 0. The summed E-state index contributed by atoms with van der Waals surface area (Å²) < 4.78 is 0. The third-order valence-corrected chi connectivity index (χ3v) is 2.98. The molecule has 2 rings (SSSR count). The Balaban J connectivity index is -0.000000121. The van der Waals surface area contributed by atoms with Crippen LogP contribution in [0.25, 0.3) is 0 Å². The molecule has 0 heterocycles. The van der Waals surface area contributed by atoms with Gasteiger partial charge in [-0.1, -0.05) is 31.6 Å². The molecule has 2 aliphatic rings. The minimum absolute atomic E-state index is 0. The van der Waals surface area contributed by atoms with E-state index in [1.54, 1.807) is 0 Å². The van der Waals surface area contributed by atoms with E-state index >= 15 is 0 Å². The van der Waals surface area contributed by atoms with Crippen molar-refractivity contribution in [1.29, 1.82) is 0 Å². The second-order valence-corrected chi connectivity index (χ2v) is 3.67. The van der Waals surface area contributed by atoms with Gasteiger partial charge in [-0.2, -0.15) is 12.8 Å². The van der Waals surface area contributed by atoms with Gasteiger partial charge in [0.1, 0.15) is 0 Å². The van der Waals surface area contributed by atoms with Crippen LogP contribution in [0.3, 0.4) is 0 Å². The van der Waals surface area contributed by atoms with Gasteiger partial charge in [-0.3, -0.25) is 5.92 Å². The monoisotopic (exact) mass is 713 g/mol. The maximum Gasteiger partial charge on any atom is 0 e. The van der Waals surface area contributed by atoms with Crippen LogP contribution in [-0.4, -0.2) is 0 Å². The number of rotatable bonds is 0. The van der Waals surface area contributed by atoms with E-state index in [0.29, 0.717) is 0 Å². The van der Waals surface area contributed by atoms with Gasteiger partial charge in [0.2, 0.25) is 0 Å². The average Bonchev–Trinajstić information content (AvgIpc) is 2.05. The van der Waals surface area contributed by atoms with Crippen LogP contribution in [0, 0.1) is 63.2 Å². The molecule has 2 aliphatic carbocycles. The van der Waals surface area contributed by atoms with Crippen molar-refractivity contribution in [1.82, 2.24) is 0 Å². The molecule has 0 N–H and O–H groups in total. The van der Waals surface area contributed by atoms with Crippen LogP contribution in [0.4, 0.5) is 0 Å². The van der Waals surface area contributed by atoms with Crippen molar-refractivity contribution in [2.75, 3.05) is 0 Å². The summed E-state index contributed by atoms with van der Waals surface area (Å²) in [5.41, 5.74) is 0. The fraction of sp³-hybridized carbons (Fsp3) is 0.727. The van der Waals surface area contributed by atoms with Crippen LogP contribution in [-0.2, 0) is 72.3 Å². The van der Waals surface area contributed by atoms with E-state index in [1.165, 1.54) is 38.5 Å². The molecular formula is C11H19UVWY-3. The van der Waals surface area contributed by atoms with E-state index < -0.39 is 0 Å². The Morgan fingerprint density at radius 2 is 1.33 bits per heavy atom. The molecule has 0 unspecified atom stereocenters. The van der Waals surface area contributed by atoms with Gasteiger partial charge in [0, 0.05) is 103 Å². The minimum Gasteiger partial charge on any atom is -0.358 e. The van der Waals surface area contributed by atoms with Crippen molar-refractivity contribution < 1.29 is 103 Å². The van der Waals surface area contributed by atoms with Gasteiger partial charge in [-0.05, 0) is 0 Å². The van der Waals surface area contributed by atoms with Crippen molar-refractivity contribution in [3.8, 4) is 0 Å². The van der Waals surface area contributed by atoms with Gasteiger partial charge in [0.25, 0.3) is 0 Å². The molecule has 2 radical (unpaired) electrons. The fourth-order valence-electron chi connectivity index (χ4n) is 2.39. The molecule has 2 fully saturated rings. The Morgan fingerprint density at radius 3 is 1.67 bits per heavy atom. The first-order chi connectivity index (χ1) is 4.97. The Bertz CT molecular complexity index is 101. The second-order valence-electron chi connectivity index (χ2n) is 3.67. The van der Waals surface area contributed by atoms with Crippen LogP contribution in [0.5, 0.6) is 0 Å². The van der Waals surface area contributed by atoms with Crippen molar-refractivity contribution in [2.45, 2.75) is 38.5 Å². The third-order valence-electron chi connectivity index (χ3n) is 2.98. The number of fused-ring (bicyclic) bond motifs is 1. The fourth-order valence-corrected chi connectivity index (χ4v) is 2.39. The smallest absolute Gasteiger partial charge is 0 e. The average molecular weight is 713 g/mol. The minimum atomic E-state index is 0. The Morgan fingerprint density at radius 1 is 0.933 bits per heavy atom. The molecule has 0 nitrogen and oxygen atoms in total. The molecule has 0 aromatic rings. The first-order valence-electron chi connectivity index (χ1n) is 4.63. The molecule has 0 saturated heterocycles. The normalized spacial score (nSPS) is 27.2. The van der Waals surface area contributed by atoms with Crippen LogP contribution >= 0.6 is 0 Å². The van der Waals surface area contributed by atoms with Crippen molar-refractivity contribution in [3.05, 3.63) is 20.3 Å². The van der Waals surface area contributed by atoms with Crippen LogP contribution in [0.2, 0.25) is 0 Å². The second kappa shape index (κ2) is 15.5. The Labute approximate surface area is 171 Å². The van der Waals surface area contributed by atoms with Gasteiger partial charge < -0.3 is 20.3 Å². The van der Waals surface area contributed by atoms with E-state index in [0.717, 1.165) is 11.8 Å². The quantitative estimate of drug-likeness (QED) is 0.338. The van der Waals surface area contributed by atoms with Gasteiger partial charge in [-0.25, -0.2) is 0 Å². The molecule has 0 aromatic heterocycles. The molecule has 15 heavy (non-hydrogen) atoms. The van der Waals surface area contributed by atoms with Gasteiger partial charge >= 0.3 is 0 Å². The zero-order valence-electron chi connectivity index (χ0n) is 9.48. The first kappa shape index (κ1) is 26.9. The topological polar surface area (TPSA) is 0 Å². The molecule has 0 amide bonds. The molecule has 0 spiro atoms. The zero-order chi connectivity index (χ0) is 6.81. The summed E-state index contributed by atoms with van der Waals surface area (Å²) in [5.74, 6) is 1.95. The Kier molecular flexibility index (Phi) is 27.8. The predicted octanol–water partition coefficient (Wildman–Crippen LogP) is 3.44. The summed E-state index contributed by atoms with van der Waals surface area (Å²) in [5, 5.41) is 0. The summed E-state index contributed by atoms with van der Waals surface area (Å²) in [6.07, 6.45) is 13.7. The summed E-state index contributed by atoms with van der Waals surface area (Å²) in [7, 11) is 0. The van der Waals surface area contributed by atoms with E-state index in [-0.39, 0.29) is 111 Å². The van der Waals surface area contributed by atoms with Crippen LogP contribution < -0.4 is 0 Å². The van der Waals surface area contributed by atoms with Crippen LogP contribution in [0.1, 0.15) is 38.5 Å².